The largest absolute Gasteiger partial charge is 0.427 e. The fourth-order valence-electron chi connectivity index (χ4n) is 3.27. The molecule has 114 valence electrons. The van der Waals surface area contributed by atoms with Gasteiger partial charge in [-0.2, -0.15) is 13.2 Å². The van der Waals surface area contributed by atoms with Gasteiger partial charge in [-0.3, -0.25) is 15.0 Å². The van der Waals surface area contributed by atoms with Gasteiger partial charge in [-0.05, 0) is 11.6 Å². The Hall–Kier alpha value is -1.60. The number of aliphatic hydroxyl groups is 1. The summed E-state index contributed by atoms with van der Waals surface area (Å²) in [5.41, 5.74) is -3.98. The quantitative estimate of drug-likeness (QED) is 0.768. The third kappa shape index (κ3) is 1.56. The van der Waals surface area contributed by atoms with Gasteiger partial charge in [0.15, 0.2) is 0 Å². The third-order valence-electron chi connectivity index (χ3n) is 4.55. The lowest BCUT2D eigenvalue weighted by molar-refractivity contribution is -0.276. The molecular weight excluding hydrogens is 285 g/mol. The van der Waals surface area contributed by atoms with Crippen LogP contribution >= 0.6 is 0 Å². The van der Waals surface area contributed by atoms with Crippen molar-refractivity contribution >= 4 is 11.6 Å². The van der Waals surface area contributed by atoms with E-state index in [0.29, 0.717) is 12.2 Å². The van der Waals surface area contributed by atoms with Gasteiger partial charge in [0.1, 0.15) is 0 Å². The second-order valence-electron chi connectivity index (χ2n) is 6.02. The van der Waals surface area contributed by atoms with Crippen LogP contribution in [0.2, 0.25) is 0 Å². The Morgan fingerprint density at radius 3 is 2.57 bits per heavy atom. The first kappa shape index (κ1) is 14.3. The zero-order valence-electron chi connectivity index (χ0n) is 11.5. The van der Waals surface area contributed by atoms with Crippen molar-refractivity contribution in [3.63, 3.8) is 0 Å². The second-order valence-corrected chi connectivity index (χ2v) is 6.02. The normalized spacial score (nSPS) is 31.0. The van der Waals surface area contributed by atoms with E-state index in [1.807, 2.05) is 0 Å². The van der Waals surface area contributed by atoms with Crippen molar-refractivity contribution < 1.29 is 23.1 Å². The maximum Gasteiger partial charge on any atom is 0.427 e. The van der Waals surface area contributed by atoms with Gasteiger partial charge < -0.3 is 5.11 Å². The van der Waals surface area contributed by atoms with E-state index in [-0.39, 0.29) is 0 Å². The summed E-state index contributed by atoms with van der Waals surface area (Å²) < 4.78 is 40.1. The van der Waals surface area contributed by atoms with Gasteiger partial charge in [-0.25, -0.2) is 0 Å². The minimum atomic E-state index is -5.04. The predicted molar refractivity (Wildman–Crippen MR) is 69.3 cm³/mol. The third-order valence-corrected chi connectivity index (χ3v) is 4.55. The number of nitrogens with zero attached hydrogens (tertiary/aromatic N) is 1. The zero-order chi connectivity index (χ0) is 15.6. The van der Waals surface area contributed by atoms with Gasteiger partial charge in [-0.15, -0.1) is 0 Å². The highest BCUT2D eigenvalue weighted by Gasteiger charge is 2.76. The van der Waals surface area contributed by atoms with E-state index in [4.69, 9.17) is 0 Å². The average Bonchev–Trinajstić information content (AvgIpc) is 2.58. The highest BCUT2D eigenvalue weighted by atomic mass is 19.4. The lowest BCUT2D eigenvalue weighted by atomic mass is 9.74. The number of halogens is 3. The molecule has 3 rings (SSSR count). The Morgan fingerprint density at radius 1 is 1.33 bits per heavy atom. The molecule has 21 heavy (non-hydrogen) atoms. The molecule has 0 spiro atoms. The molecular formula is C14H15F3N2O2. The van der Waals surface area contributed by atoms with Crippen LogP contribution in [-0.4, -0.2) is 29.0 Å². The van der Waals surface area contributed by atoms with Crippen molar-refractivity contribution in [1.82, 2.24) is 5.32 Å². The summed E-state index contributed by atoms with van der Waals surface area (Å²) in [6.07, 6.45) is -5.95. The fraction of sp³-hybridized carbons (Fsp3) is 0.500. The van der Waals surface area contributed by atoms with Gasteiger partial charge in [0.2, 0.25) is 5.60 Å². The summed E-state index contributed by atoms with van der Waals surface area (Å²) in [6, 6.07) is 6.75. The Labute approximate surface area is 119 Å². The molecule has 0 radical (unpaired) electrons. The Balaban J connectivity index is 2.20. The summed E-state index contributed by atoms with van der Waals surface area (Å²) >= 11 is 0. The van der Waals surface area contributed by atoms with Crippen LogP contribution in [0.3, 0.4) is 0 Å². The highest BCUT2D eigenvalue weighted by Crippen LogP contribution is 2.54. The number of anilines is 1. The van der Waals surface area contributed by atoms with E-state index in [0.717, 1.165) is 10.5 Å². The lowest BCUT2D eigenvalue weighted by Gasteiger charge is -2.40. The minimum absolute atomic E-state index is 0.349. The standard InChI is InChI=1S/C14H15F3N2O2/c1-12(2)10-18-7-8-5-3-4-6-9(8)19(10)11(20)13(12,21)14(15,16)17/h3-6,10,18,21H,7H2,1-2H3/t10-,13-/m1/s1. The number of carbonyl (C=O) groups excluding carboxylic acids is 1. The molecule has 7 heteroatoms. The monoisotopic (exact) mass is 300 g/mol. The number of benzene rings is 1. The molecule has 1 fully saturated rings. The van der Waals surface area contributed by atoms with Crippen LogP contribution in [0.15, 0.2) is 24.3 Å². The van der Waals surface area contributed by atoms with Crippen LogP contribution in [0.4, 0.5) is 18.9 Å². The Bertz CT molecular complexity index is 614. The second kappa shape index (κ2) is 3.98. The number of carbonyl (C=O) groups is 1. The molecule has 2 atom stereocenters. The van der Waals surface area contributed by atoms with Crippen LogP contribution in [0.25, 0.3) is 0 Å². The van der Waals surface area contributed by atoms with Crippen molar-refractivity contribution in [2.45, 2.75) is 38.3 Å². The summed E-state index contributed by atoms with van der Waals surface area (Å²) in [4.78, 5) is 13.4. The van der Waals surface area contributed by atoms with E-state index in [1.165, 1.54) is 13.8 Å². The van der Waals surface area contributed by atoms with E-state index in [1.54, 1.807) is 24.3 Å². The molecule has 2 heterocycles. The maximum absolute atomic E-state index is 13.4. The molecule has 0 bridgehead atoms. The SMILES string of the molecule is CC1(C)[C@@H]2NCc3ccccc3N2C(=O)[C@]1(O)C(F)(F)F. The first-order valence-electron chi connectivity index (χ1n) is 6.56. The van der Waals surface area contributed by atoms with Gasteiger partial charge >= 0.3 is 6.18 Å². The molecule has 2 aliphatic heterocycles. The summed E-state index contributed by atoms with van der Waals surface area (Å²) in [5, 5.41) is 13.2. The molecule has 0 saturated carbocycles. The van der Waals surface area contributed by atoms with Gasteiger partial charge in [-0.1, -0.05) is 32.0 Å². The van der Waals surface area contributed by atoms with Crippen molar-refractivity contribution in [3.05, 3.63) is 29.8 Å². The molecule has 0 unspecified atom stereocenters. The van der Waals surface area contributed by atoms with Crippen molar-refractivity contribution in [1.29, 1.82) is 0 Å². The number of nitrogens with one attached hydrogen (secondary N) is 1. The predicted octanol–water partition coefficient (Wildman–Crippen LogP) is 1.78. The highest BCUT2D eigenvalue weighted by molar-refractivity contribution is 6.05. The van der Waals surface area contributed by atoms with Crippen LogP contribution in [0.5, 0.6) is 0 Å². The topological polar surface area (TPSA) is 52.6 Å². The average molecular weight is 300 g/mol. The number of fused-ring (bicyclic) bond motifs is 3. The van der Waals surface area contributed by atoms with Crippen LogP contribution in [-0.2, 0) is 11.3 Å². The van der Waals surface area contributed by atoms with Gasteiger partial charge in [0.25, 0.3) is 5.91 Å². The molecule has 1 aromatic rings. The smallest absolute Gasteiger partial charge is 0.372 e. The Morgan fingerprint density at radius 2 is 1.95 bits per heavy atom. The first-order chi connectivity index (χ1) is 9.62. The number of hydrogen-bond acceptors (Lipinski definition) is 3. The molecule has 0 aromatic heterocycles. The molecule has 0 aliphatic carbocycles. The van der Waals surface area contributed by atoms with E-state index in [2.05, 4.69) is 5.32 Å². The number of para-hydroxylation sites is 1. The zero-order valence-corrected chi connectivity index (χ0v) is 11.5. The first-order valence-corrected chi connectivity index (χ1v) is 6.56. The van der Waals surface area contributed by atoms with Gasteiger partial charge in [0.05, 0.1) is 6.17 Å². The molecule has 1 saturated heterocycles. The summed E-state index contributed by atoms with van der Waals surface area (Å²) in [6.45, 7) is 2.86. The van der Waals surface area contributed by atoms with Crippen molar-refractivity contribution in [2.75, 3.05) is 4.90 Å². The van der Waals surface area contributed by atoms with E-state index in [9.17, 15) is 23.1 Å². The molecule has 2 N–H and O–H groups in total. The minimum Gasteiger partial charge on any atom is -0.372 e. The van der Waals surface area contributed by atoms with Crippen LogP contribution in [0, 0.1) is 5.41 Å². The molecule has 2 aliphatic rings. The fourth-order valence-corrected chi connectivity index (χ4v) is 3.27. The number of hydrogen-bond donors (Lipinski definition) is 2. The molecule has 1 aromatic carbocycles. The van der Waals surface area contributed by atoms with Gasteiger partial charge in [0, 0.05) is 17.6 Å². The van der Waals surface area contributed by atoms with Crippen molar-refractivity contribution in [3.8, 4) is 0 Å². The van der Waals surface area contributed by atoms with Crippen LogP contribution in [0.1, 0.15) is 19.4 Å². The summed E-state index contributed by atoms with van der Waals surface area (Å²) in [7, 11) is 0. The number of amides is 1. The van der Waals surface area contributed by atoms with E-state index < -0.39 is 29.3 Å². The lowest BCUT2D eigenvalue weighted by Crippen LogP contribution is -2.60. The maximum atomic E-state index is 13.4. The molecule has 4 nitrogen and oxygen atoms in total. The molecule has 1 amide bonds. The number of rotatable bonds is 0. The van der Waals surface area contributed by atoms with Crippen molar-refractivity contribution in [2.24, 2.45) is 5.41 Å². The Kier molecular flexibility index (Phi) is 2.72. The summed E-state index contributed by atoms with van der Waals surface area (Å²) in [5.74, 6) is -1.33. The van der Waals surface area contributed by atoms with E-state index >= 15 is 0 Å². The number of alkyl halides is 3. The van der Waals surface area contributed by atoms with Crippen LogP contribution < -0.4 is 10.2 Å².